The Kier molecular flexibility index (Phi) is 3.76. The minimum absolute atomic E-state index is 0.111. The molecule has 2 rings (SSSR count). The zero-order valence-electron chi connectivity index (χ0n) is 9.89. The van der Waals surface area contributed by atoms with Crippen molar-refractivity contribution in [2.24, 2.45) is 5.73 Å². The van der Waals surface area contributed by atoms with Crippen LogP contribution in [0.5, 0.6) is 0 Å². The van der Waals surface area contributed by atoms with Gasteiger partial charge in [0, 0.05) is 18.2 Å². The molecule has 92 valence electrons. The van der Waals surface area contributed by atoms with Crippen molar-refractivity contribution in [3.63, 3.8) is 0 Å². The molecule has 1 fully saturated rings. The molecule has 0 aliphatic carbocycles. The van der Waals surface area contributed by atoms with E-state index in [9.17, 15) is 5.11 Å². The molecule has 1 aromatic carbocycles. The molecule has 0 radical (unpaired) electrons. The van der Waals surface area contributed by atoms with E-state index in [0.29, 0.717) is 0 Å². The molecule has 1 aliphatic heterocycles. The van der Waals surface area contributed by atoms with Gasteiger partial charge < -0.3 is 10.8 Å². The van der Waals surface area contributed by atoms with Gasteiger partial charge in [0.1, 0.15) is 5.84 Å². The van der Waals surface area contributed by atoms with E-state index in [1.807, 2.05) is 24.3 Å². The largest absolute Gasteiger partial charge is 0.395 e. The first-order valence-electron chi connectivity index (χ1n) is 5.99. The molecule has 1 saturated heterocycles. The number of nitrogens with zero attached hydrogens (tertiary/aromatic N) is 1. The topological polar surface area (TPSA) is 73.3 Å². The Morgan fingerprint density at radius 3 is 2.94 bits per heavy atom. The molecular formula is C13H19N3O. The van der Waals surface area contributed by atoms with E-state index in [4.69, 9.17) is 11.1 Å². The molecule has 4 N–H and O–H groups in total. The van der Waals surface area contributed by atoms with E-state index in [-0.39, 0.29) is 18.5 Å². The van der Waals surface area contributed by atoms with Crippen molar-refractivity contribution < 1.29 is 5.11 Å². The molecule has 17 heavy (non-hydrogen) atoms. The summed E-state index contributed by atoms with van der Waals surface area (Å²) < 4.78 is 0. The third kappa shape index (κ3) is 2.65. The van der Waals surface area contributed by atoms with Crippen LogP contribution in [0.4, 0.5) is 0 Å². The molecule has 1 aromatic rings. The average Bonchev–Trinajstić information content (AvgIpc) is 2.77. The van der Waals surface area contributed by atoms with E-state index in [0.717, 1.165) is 37.1 Å². The SMILES string of the molecule is N=C(N)c1ccccc1CN1CCCC1CO. The standard InChI is InChI=1S/C13H19N3O/c14-13(15)12-6-2-1-4-10(12)8-16-7-3-5-11(16)9-17/h1-2,4,6,11,17H,3,5,7-9H2,(H3,14,15). The van der Waals surface area contributed by atoms with Crippen LogP contribution in [0.1, 0.15) is 24.0 Å². The number of nitrogens with two attached hydrogens (primary N) is 1. The highest BCUT2D eigenvalue weighted by molar-refractivity contribution is 5.96. The van der Waals surface area contributed by atoms with Crippen LogP contribution in [-0.2, 0) is 6.54 Å². The maximum absolute atomic E-state index is 9.28. The summed E-state index contributed by atoms with van der Waals surface area (Å²) in [6.07, 6.45) is 2.19. The number of hydrogen-bond donors (Lipinski definition) is 3. The molecule has 0 bridgehead atoms. The Labute approximate surface area is 102 Å². The maximum atomic E-state index is 9.28. The molecule has 4 nitrogen and oxygen atoms in total. The lowest BCUT2D eigenvalue weighted by atomic mass is 10.1. The fraction of sp³-hybridized carbons (Fsp3) is 0.462. The van der Waals surface area contributed by atoms with Crippen LogP contribution < -0.4 is 5.73 Å². The van der Waals surface area contributed by atoms with Gasteiger partial charge in [-0.25, -0.2) is 0 Å². The predicted octanol–water partition coefficient (Wildman–Crippen LogP) is 0.927. The number of likely N-dealkylation sites (tertiary alicyclic amines) is 1. The lowest BCUT2D eigenvalue weighted by Crippen LogP contribution is -2.32. The van der Waals surface area contributed by atoms with E-state index in [1.165, 1.54) is 0 Å². The fourth-order valence-corrected chi connectivity index (χ4v) is 2.45. The van der Waals surface area contributed by atoms with Crippen LogP contribution >= 0.6 is 0 Å². The van der Waals surface area contributed by atoms with Gasteiger partial charge in [0.15, 0.2) is 0 Å². The number of nitrogen functional groups attached to an aromatic ring is 1. The lowest BCUT2D eigenvalue weighted by Gasteiger charge is -2.23. The molecule has 0 aromatic heterocycles. The van der Waals surface area contributed by atoms with Crippen molar-refractivity contribution in [2.45, 2.75) is 25.4 Å². The summed E-state index contributed by atoms with van der Waals surface area (Å²) in [6, 6.07) is 8.00. The fourth-order valence-electron chi connectivity index (χ4n) is 2.45. The minimum atomic E-state index is 0.111. The van der Waals surface area contributed by atoms with E-state index in [2.05, 4.69) is 4.90 Å². The quantitative estimate of drug-likeness (QED) is 0.535. The van der Waals surface area contributed by atoms with Gasteiger partial charge in [-0.15, -0.1) is 0 Å². The molecule has 1 aliphatic rings. The van der Waals surface area contributed by atoms with Gasteiger partial charge in [-0.2, -0.15) is 0 Å². The second-order valence-electron chi connectivity index (χ2n) is 4.52. The Hall–Kier alpha value is -1.39. The second-order valence-corrected chi connectivity index (χ2v) is 4.52. The number of aliphatic hydroxyl groups excluding tert-OH is 1. The molecule has 0 amide bonds. The number of benzene rings is 1. The highest BCUT2D eigenvalue weighted by Gasteiger charge is 2.24. The lowest BCUT2D eigenvalue weighted by molar-refractivity contribution is 0.153. The Morgan fingerprint density at radius 2 is 2.24 bits per heavy atom. The smallest absolute Gasteiger partial charge is 0.123 e. The highest BCUT2D eigenvalue weighted by Crippen LogP contribution is 2.21. The summed E-state index contributed by atoms with van der Waals surface area (Å²) in [4.78, 5) is 2.27. The van der Waals surface area contributed by atoms with Gasteiger partial charge in [-0.1, -0.05) is 24.3 Å². The first-order valence-corrected chi connectivity index (χ1v) is 5.99. The summed E-state index contributed by atoms with van der Waals surface area (Å²) in [5, 5.41) is 16.8. The van der Waals surface area contributed by atoms with Gasteiger partial charge in [-0.05, 0) is 24.9 Å². The van der Waals surface area contributed by atoms with Gasteiger partial charge >= 0.3 is 0 Å². The van der Waals surface area contributed by atoms with Crippen molar-refractivity contribution in [1.82, 2.24) is 4.90 Å². The first-order chi connectivity index (χ1) is 8.22. The summed E-state index contributed by atoms with van der Waals surface area (Å²) in [7, 11) is 0. The number of aliphatic hydroxyl groups is 1. The minimum Gasteiger partial charge on any atom is -0.395 e. The van der Waals surface area contributed by atoms with Gasteiger partial charge in [0.05, 0.1) is 6.61 Å². The predicted molar refractivity (Wildman–Crippen MR) is 68.0 cm³/mol. The van der Waals surface area contributed by atoms with Crippen LogP contribution in [0.25, 0.3) is 0 Å². The van der Waals surface area contributed by atoms with Crippen LogP contribution in [0.15, 0.2) is 24.3 Å². The number of nitrogens with one attached hydrogen (secondary N) is 1. The monoisotopic (exact) mass is 233 g/mol. The van der Waals surface area contributed by atoms with E-state index in [1.54, 1.807) is 0 Å². The highest BCUT2D eigenvalue weighted by atomic mass is 16.3. The third-order valence-corrected chi connectivity index (χ3v) is 3.39. The van der Waals surface area contributed by atoms with Crippen LogP contribution in [0, 0.1) is 5.41 Å². The average molecular weight is 233 g/mol. The van der Waals surface area contributed by atoms with Crippen LogP contribution in [-0.4, -0.2) is 35.0 Å². The van der Waals surface area contributed by atoms with E-state index >= 15 is 0 Å². The van der Waals surface area contributed by atoms with Gasteiger partial charge in [0.2, 0.25) is 0 Å². The molecular weight excluding hydrogens is 214 g/mol. The summed E-state index contributed by atoms with van der Waals surface area (Å²) >= 11 is 0. The molecule has 0 spiro atoms. The van der Waals surface area contributed by atoms with Crippen molar-refractivity contribution >= 4 is 5.84 Å². The number of rotatable bonds is 4. The van der Waals surface area contributed by atoms with Crippen molar-refractivity contribution in [2.75, 3.05) is 13.2 Å². The summed E-state index contributed by atoms with van der Waals surface area (Å²) in [5.74, 6) is 0.111. The Balaban J connectivity index is 2.15. The second kappa shape index (κ2) is 5.29. The molecule has 1 heterocycles. The number of amidine groups is 1. The molecule has 1 unspecified atom stereocenters. The Morgan fingerprint density at radius 1 is 1.47 bits per heavy atom. The van der Waals surface area contributed by atoms with Crippen molar-refractivity contribution in [3.05, 3.63) is 35.4 Å². The molecule has 1 atom stereocenters. The first kappa shape index (κ1) is 12.1. The third-order valence-electron chi connectivity index (χ3n) is 3.39. The summed E-state index contributed by atoms with van der Waals surface area (Å²) in [5.41, 5.74) is 7.44. The van der Waals surface area contributed by atoms with Crippen LogP contribution in [0.3, 0.4) is 0 Å². The van der Waals surface area contributed by atoms with Gasteiger partial charge in [0.25, 0.3) is 0 Å². The zero-order valence-corrected chi connectivity index (χ0v) is 9.89. The Bertz CT molecular complexity index is 405. The maximum Gasteiger partial charge on any atom is 0.123 e. The molecule has 0 saturated carbocycles. The summed E-state index contributed by atoms with van der Waals surface area (Å²) in [6.45, 7) is 1.99. The van der Waals surface area contributed by atoms with Crippen molar-refractivity contribution in [3.8, 4) is 0 Å². The normalized spacial score (nSPS) is 20.6. The van der Waals surface area contributed by atoms with E-state index < -0.39 is 0 Å². The number of hydrogen-bond acceptors (Lipinski definition) is 3. The van der Waals surface area contributed by atoms with Crippen LogP contribution in [0.2, 0.25) is 0 Å². The molecule has 4 heteroatoms. The van der Waals surface area contributed by atoms with Crippen molar-refractivity contribution in [1.29, 1.82) is 5.41 Å². The van der Waals surface area contributed by atoms with Gasteiger partial charge in [-0.3, -0.25) is 10.3 Å². The zero-order chi connectivity index (χ0) is 12.3.